The summed E-state index contributed by atoms with van der Waals surface area (Å²) < 4.78 is 0. The summed E-state index contributed by atoms with van der Waals surface area (Å²) in [6.45, 7) is 6.79. The fraction of sp³-hybridized carbons (Fsp3) is 0.462. The second kappa shape index (κ2) is 6.28. The second-order valence-corrected chi connectivity index (χ2v) is 4.04. The zero-order valence-electron chi connectivity index (χ0n) is 10.2. The van der Waals surface area contributed by atoms with E-state index in [2.05, 4.69) is 36.6 Å². The van der Waals surface area contributed by atoms with Crippen LogP contribution in [-0.4, -0.2) is 18.5 Å². The largest absolute Gasteiger partial charge is 0.326 e. The Kier molecular flexibility index (Phi) is 4.99. The SMILES string of the molecule is CCNC(C)Cc1ccc(NC(C)=O)cc1. The predicted octanol–water partition coefficient (Wildman–Crippen LogP) is 2.19. The number of benzene rings is 1. The molecule has 3 heteroatoms. The van der Waals surface area contributed by atoms with E-state index in [1.807, 2.05) is 12.1 Å². The van der Waals surface area contributed by atoms with Crippen LogP contribution in [0.3, 0.4) is 0 Å². The van der Waals surface area contributed by atoms with Crippen LogP contribution in [0.15, 0.2) is 24.3 Å². The minimum atomic E-state index is -0.0335. The van der Waals surface area contributed by atoms with Crippen LogP contribution in [0.1, 0.15) is 26.3 Å². The molecule has 1 unspecified atom stereocenters. The molecule has 0 bridgehead atoms. The minimum absolute atomic E-state index is 0.0335. The van der Waals surface area contributed by atoms with Gasteiger partial charge in [0, 0.05) is 18.7 Å². The predicted molar refractivity (Wildman–Crippen MR) is 67.6 cm³/mol. The molecule has 3 nitrogen and oxygen atoms in total. The number of amides is 1. The van der Waals surface area contributed by atoms with Crippen LogP contribution < -0.4 is 10.6 Å². The van der Waals surface area contributed by atoms with Gasteiger partial charge < -0.3 is 10.6 Å². The van der Waals surface area contributed by atoms with Crippen molar-refractivity contribution < 1.29 is 4.79 Å². The molecule has 0 aromatic heterocycles. The van der Waals surface area contributed by atoms with Gasteiger partial charge in [0.15, 0.2) is 0 Å². The first-order valence-corrected chi connectivity index (χ1v) is 5.71. The molecule has 1 aromatic carbocycles. The number of carbonyl (C=O) groups excluding carboxylic acids is 1. The van der Waals surface area contributed by atoms with Crippen molar-refractivity contribution >= 4 is 11.6 Å². The van der Waals surface area contributed by atoms with Gasteiger partial charge in [-0.2, -0.15) is 0 Å². The average Bonchev–Trinajstić information content (AvgIpc) is 2.20. The van der Waals surface area contributed by atoms with Gasteiger partial charge in [-0.15, -0.1) is 0 Å². The molecule has 0 heterocycles. The smallest absolute Gasteiger partial charge is 0.221 e. The summed E-state index contributed by atoms with van der Waals surface area (Å²) in [5, 5.41) is 6.13. The normalized spacial score (nSPS) is 12.2. The maximum Gasteiger partial charge on any atom is 0.221 e. The Morgan fingerprint density at radius 1 is 1.31 bits per heavy atom. The van der Waals surface area contributed by atoms with Crippen LogP contribution in [0, 0.1) is 0 Å². The van der Waals surface area contributed by atoms with Crippen molar-refractivity contribution in [1.82, 2.24) is 5.32 Å². The highest BCUT2D eigenvalue weighted by molar-refractivity contribution is 5.88. The van der Waals surface area contributed by atoms with Crippen molar-refractivity contribution in [3.63, 3.8) is 0 Å². The Morgan fingerprint density at radius 3 is 2.44 bits per heavy atom. The fourth-order valence-corrected chi connectivity index (χ4v) is 1.70. The van der Waals surface area contributed by atoms with Crippen molar-refractivity contribution in [2.24, 2.45) is 0 Å². The van der Waals surface area contributed by atoms with Crippen molar-refractivity contribution in [1.29, 1.82) is 0 Å². The van der Waals surface area contributed by atoms with Crippen LogP contribution >= 0.6 is 0 Å². The Labute approximate surface area is 97.2 Å². The molecule has 2 N–H and O–H groups in total. The molecule has 0 spiro atoms. The molecule has 0 aliphatic heterocycles. The molecule has 1 atom stereocenters. The third-order valence-corrected chi connectivity index (χ3v) is 2.37. The van der Waals surface area contributed by atoms with E-state index in [0.717, 1.165) is 18.7 Å². The van der Waals surface area contributed by atoms with E-state index < -0.39 is 0 Å². The Hall–Kier alpha value is -1.35. The van der Waals surface area contributed by atoms with Gasteiger partial charge in [-0.3, -0.25) is 4.79 Å². The Bertz CT molecular complexity index is 332. The summed E-state index contributed by atoms with van der Waals surface area (Å²) in [4.78, 5) is 10.8. The van der Waals surface area contributed by atoms with Crippen molar-refractivity contribution in [3.05, 3.63) is 29.8 Å². The summed E-state index contributed by atoms with van der Waals surface area (Å²) in [6.07, 6.45) is 1.01. The Morgan fingerprint density at radius 2 is 1.94 bits per heavy atom. The van der Waals surface area contributed by atoms with Gasteiger partial charge in [0.1, 0.15) is 0 Å². The monoisotopic (exact) mass is 220 g/mol. The van der Waals surface area contributed by atoms with Crippen LogP contribution in [0.25, 0.3) is 0 Å². The molecule has 0 saturated heterocycles. The van der Waals surface area contributed by atoms with E-state index in [1.165, 1.54) is 12.5 Å². The molecule has 0 fully saturated rings. The molecule has 1 rings (SSSR count). The summed E-state index contributed by atoms with van der Waals surface area (Å²) >= 11 is 0. The van der Waals surface area contributed by atoms with Gasteiger partial charge in [-0.1, -0.05) is 19.1 Å². The minimum Gasteiger partial charge on any atom is -0.326 e. The van der Waals surface area contributed by atoms with Gasteiger partial charge >= 0.3 is 0 Å². The average molecular weight is 220 g/mol. The van der Waals surface area contributed by atoms with Gasteiger partial charge in [0.25, 0.3) is 0 Å². The third kappa shape index (κ3) is 4.45. The first-order valence-electron chi connectivity index (χ1n) is 5.71. The maximum atomic E-state index is 10.8. The summed E-state index contributed by atoms with van der Waals surface area (Å²) in [5.74, 6) is -0.0335. The second-order valence-electron chi connectivity index (χ2n) is 4.04. The fourth-order valence-electron chi connectivity index (χ4n) is 1.70. The van der Waals surface area contributed by atoms with Gasteiger partial charge in [0.05, 0.1) is 0 Å². The quantitative estimate of drug-likeness (QED) is 0.798. The van der Waals surface area contributed by atoms with Gasteiger partial charge in [-0.25, -0.2) is 0 Å². The highest BCUT2D eigenvalue weighted by Crippen LogP contribution is 2.11. The summed E-state index contributed by atoms with van der Waals surface area (Å²) in [5.41, 5.74) is 2.13. The molecule has 0 aliphatic carbocycles. The van der Waals surface area contributed by atoms with E-state index >= 15 is 0 Å². The molecule has 1 amide bonds. The van der Waals surface area contributed by atoms with Crippen molar-refractivity contribution in [3.8, 4) is 0 Å². The maximum absolute atomic E-state index is 10.8. The number of hydrogen-bond donors (Lipinski definition) is 2. The highest BCUT2D eigenvalue weighted by atomic mass is 16.1. The summed E-state index contributed by atoms with van der Waals surface area (Å²) in [6, 6.07) is 8.47. The lowest BCUT2D eigenvalue weighted by atomic mass is 10.1. The number of anilines is 1. The highest BCUT2D eigenvalue weighted by Gasteiger charge is 2.02. The molecular weight excluding hydrogens is 200 g/mol. The van der Waals surface area contributed by atoms with E-state index in [9.17, 15) is 4.79 Å². The first-order chi connectivity index (χ1) is 7.61. The van der Waals surface area contributed by atoms with E-state index in [1.54, 1.807) is 0 Å². The third-order valence-electron chi connectivity index (χ3n) is 2.37. The van der Waals surface area contributed by atoms with E-state index in [-0.39, 0.29) is 5.91 Å². The number of nitrogens with one attached hydrogen (secondary N) is 2. The van der Waals surface area contributed by atoms with E-state index in [0.29, 0.717) is 6.04 Å². The van der Waals surface area contributed by atoms with Gasteiger partial charge in [-0.05, 0) is 37.6 Å². The van der Waals surface area contributed by atoms with Crippen LogP contribution in [0.2, 0.25) is 0 Å². The molecule has 16 heavy (non-hydrogen) atoms. The zero-order valence-corrected chi connectivity index (χ0v) is 10.2. The van der Waals surface area contributed by atoms with Crippen LogP contribution in [0.5, 0.6) is 0 Å². The van der Waals surface area contributed by atoms with E-state index in [4.69, 9.17) is 0 Å². The van der Waals surface area contributed by atoms with Crippen LogP contribution in [-0.2, 0) is 11.2 Å². The molecule has 0 saturated carbocycles. The van der Waals surface area contributed by atoms with Crippen molar-refractivity contribution in [2.45, 2.75) is 33.2 Å². The zero-order chi connectivity index (χ0) is 12.0. The van der Waals surface area contributed by atoms with Gasteiger partial charge in [0.2, 0.25) is 5.91 Å². The molecule has 1 aromatic rings. The molecular formula is C13H20N2O. The molecule has 88 valence electrons. The number of hydrogen-bond acceptors (Lipinski definition) is 2. The number of likely N-dealkylation sites (N-methyl/N-ethyl adjacent to an activating group) is 1. The lowest BCUT2D eigenvalue weighted by molar-refractivity contribution is -0.114. The lowest BCUT2D eigenvalue weighted by Gasteiger charge is -2.12. The molecule has 0 aliphatic rings. The first kappa shape index (κ1) is 12.7. The lowest BCUT2D eigenvalue weighted by Crippen LogP contribution is -2.27. The Balaban J connectivity index is 2.54. The van der Waals surface area contributed by atoms with Crippen molar-refractivity contribution in [2.75, 3.05) is 11.9 Å². The standard InChI is InChI=1S/C13H20N2O/c1-4-14-10(2)9-12-5-7-13(8-6-12)15-11(3)16/h5-8,10,14H,4,9H2,1-3H3,(H,15,16). The summed E-state index contributed by atoms with van der Waals surface area (Å²) in [7, 11) is 0. The topological polar surface area (TPSA) is 41.1 Å². The number of carbonyl (C=O) groups is 1. The molecule has 0 radical (unpaired) electrons. The van der Waals surface area contributed by atoms with Crippen LogP contribution in [0.4, 0.5) is 5.69 Å². The number of rotatable bonds is 5.